The number of ether oxygens (including phenoxy) is 6. The van der Waals surface area contributed by atoms with Crippen molar-refractivity contribution in [2.45, 2.75) is 115 Å². The summed E-state index contributed by atoms with van der Waals surface area (Å²) in [5.74, 6) is -1.57. The fraction of sp³-hybridized carbons (Fsp3) is 0.548. The van der Waals surface area contributed by atoms with Crippen molar-refractivity contribution in [1.82, 2.24) is 31.6 Å². The number of likely N-dealkylation sites (tertiary alicyclic amines) is 1. The van der Waals surface area contributed by atoms with Gasteiger partial charge in [-0.05, 0) is 106 Å². The zero-order chi connectivity index (χ0) is 75.6. The molecule has 2 aromatic rings. The Morgan fingerprint density at radius 2 is 1.77 bits per heavy atom. The number of hydrogen-bond donors (Lipinski definition) is 11. The van der Waals surface area contributed by atoms with Gasteiger partial charge in [0.05, 0.1) is 54.2 Å². The van der Waals surface area contributed by atoms with Gasteiger partial charge in [0.25, 0.3) is 26.1 Å². The number of carboxylic acids is 1. The van der Waals surface area contributed by atoms with Crippen LogP contribution in [0.2, 0.25) is 0 Å². The standard InChI is InChI=1S/C62H77N12O24P3S3/c1-7-52(95-60(93-33(2)102)96-100(82)98-101(83)97-99(80)81)74-28-36(53-55(63)71-72-56(53)74)11-9-15-65-50(75)29-90-18-19-91-51(70-73-64)30-92-39-12-8-10-34(20-39)57(76)66-16-17-67-58(77)35-13-14-40(43(21-35)59(78)79)54-44-22-41-37(31-103(84,85)86)26-61(3,4)68-46(41)24-48(44)94-49-25-47-42(23-45(49)54)38(32-104(87,88)89)27-62(5,6)69-47/h8,10,12-14,20,22-24,26,33,35-36,38,40,43,47,51-53,56,60,69,72H,7,15-19,21,25,27-32H2,1-6H3,(H7-3,63,65,66,67,71,75,76,77,78,79,80,81,84,85,86,87,88,89,102)/p+3/t33-,35?,36?,38?,40?,43?,47?,51?,52?,53?,56?,60?/m1/s1. The first-order valence-corrected chi connectivity index (χ1v) is 39.6. The number of thiol groups is 1. The Bertz CT molecular complexity index is 4370. The summed E-state index contributed by atoms with van der Waals surface area (Å²) in [6.45, 7) is 8.13. The smallest absolute Gasteiger partial charge is 0.491 e. The summed E-state index contributed by atoms with van der Waals surface area (Å²) in [6.07, 6.45) is 4.79. The second kappa shape index (κ2) is 35.0. The lowest BCUT2D eigenvalue weighted by Crippen LogP contribution is -2.55. The minimum atomic E-state index is -4.56. The number of rotatable bonds is 34. The highest BCUT2D eigenvalue weighted by atomic mass is 32.2. The van der Waals surface area contributed by atoms with Crippen molar-refractivity contribution in [1.29, 1.82) is 0 Å². The third-order valence-electron chi connectivity index (χ3n) is 17.4. The number of hydrazone groups is 1. The molecule has 0 spiro atoms. The van der Waals surface area contributed by atoms with Crippen LogP contribution in [0.25, 0.3) is 21.6 Å². The van der Waals surface area contributed by atoms with Gasteiger partial charge >= 0.3 is 37.2 Å². The summed E-state index contributed by atoms with van der Waals surface area (Å²) < 4.78 is 154. The lowest BCUT2D eigenvalue weighted by Gasteiger charge is -2.46. The van der Waals surface area contributed by atoms with Crippen LogP contribution in [0.1, 0.15) is 83.1 Å². The summed E-state index contributed by atoms with van der Waals surface area (Å²) >= 11 is 4.15. The minimum Gasteiger partial charge on any atom is -0.491 e. The second-order valence-corrected chi connectivity index (χ2v) is 32.7. The highest BCUT2D eigenvalue weighted by Crippen LogP contribution is 2.48. The number of nitrogens with zero attached hydrogens (tertiary/aromatic N) is 6. The van der Waals surface area contributed by atoms with Gasteiger partial charge in [0.2, 0.25) is 11.8 Å². The summed E-state index contributed by atoms with van der Waals surface area (Å²) in [5.41, 5.74) is 18.5. The van der Waals surface area contributed by atoms with Crippen LogP contribution < -0.4 is 52.5 Å². The maximum absolute atomic E-state index is 13.9. The lowest BCUT2D eigenvalue weighted by molar-refractivity contribution is -0.293. The number of benzene rings is 2. The zero-order valence-corrected chi connectivity index (χ0v) is 62.1. The Balaban J connectivity index is 0.749. The Hall–Kier alpha value is -7.24. The van der Waals surface area contributed by atoms with Gasteiger partial charge in [-0.25, -0.2) is 0 Å². The number of carbonyl (C=O) groups excluding carboxylic acids is 3. The topological polar surface area (TPSA) is 515 Å². The molecule has 0 saturated carbocycles. The van der Waals surface area contributed by atoms with Crippen molar-refractivity contribution in [3.05, 3.63) is 110 Å². The number of carbonyl (C=O) groups is 4. The second-order valence-electron chi connectivity index (χ2n) is 26.1. The third-order valence-corrected chi connectivity index (χ3v) is 21.5. The molecule has 2 saturated heterocycles. The van der Waals surface area contributed by atoms with E-state index in [2.05, 4.69) is 74.9 Å². The Morgan fingerprint density at radius 1 is 1.01 bits per heavy atom. The first-order chi connectivity index (χ1) is 49.1. The van der Waals surface area contributed by atoms with Crippen LogP contribution >= 0.6 is 37.4 Å². The van der Waals surface area contributed by atoms with E-state index in [9.17, 15) is 69.5 Å². The van der Waals surface area contributed by atoms with E-state index < -0.39 is 163 Å². The molecule has 36 nitrogen and oxygen atoms in total. The average molecular weight is 1570 g/mol. The molecule has 15 atom stereocenters. The van der Waals surface area contributed by atoms with Crippen LogP contribution in [0.5, 0.6) is 11.5 Å². The van der Waals surface area contributed by atoms with Gasteiger partial charge in [-0.1, -0.05) is 58.8 Å². The van der Waals surface area contributed by atoms with Crippen molar-refractivity contribution < 1.29 is 110 Å². The van der Waals surface area contributed by atoms with Crippen LogP contribution in [-0.4, -0.2) is 182 Å². The molecule has 3 amide bonds. The average Bonchev–Trinajstić information content (AvgIpc) is 0.892. The molecule has 5 aliphatic heterocycles. The van der Waals surface area contributed by atoms with Crippen LogP contribution in [0.4, 0.5) is 0 Å². The molecule has 2 fully saturated rings. The predicted octanol–water partition coefficient (Wildman–Crippen LogP) is 3.84. The van der Waals surface area contributed by atoms with E-state index in [1.165, 1.54) is 19.1 Å². The van der Waals surface area contributed by atoms with Gasteiger partial charge < -0.3 is 60.5 Å². The van der Waals surface area contributed by atoms with Gasteiger partial charge in [-0.15, -0.1) is 17.5 Å². The lowest BCUT2D eigenvalue weighted by atomic mass is 9.69. The summed E-state index contributed by atoms with van der Waals surface area (Å²) in [5, 5.41) is 31.2. The molecule has 42 heteroatoms. The van der Waals surface area contributed by atoms with Crippen LogP contribution in [0.3, 0.4) is 0 Å². The number of nitrogens with two attached hydrogens (primary N) is 1. The summed E-state index contributed by atoms with van der Waals surface area (Å²) in [4.78, 5) is 71.7. The monoisotopic (exact) mass is 1570 g/mol. The number of aliphatic carboxylic acids is 1. The molecule has 2 aliphatic carbocycles. The van der Waals surface area contributed by atoms with Gasteiger partial charge in [0.1, 0.15) is 59.9 Å². The van der Waals surface area contributed by atoms with Crippen LogP contribution in [0, 0.1) is 47.3 Å². The van der Waals surface area contributed by atoms with Gasteiger partial charge in [-0.3, -0.25) is 43.6 Å². The van der Waals surface area contributed by atoms with E-state index in [1.807, 2.05) is 18.7 Å². The molecular formula is C62H80N12O24P3S3+3. The van der Waals surface area contributed by atoms with Crippen LogP contribution in [0.15, 0.2) is 92.8 Å². The van der Waals surface area contributed by atoms with E-state index in [1.54, 1.807) is 69.3 Å². The maximum atomic E-state index is 13.9. The number of fused-ring (bicyclic) bond motifs is 4. The SMILES string of the molecule is CCC(OC(O[C@@H](C)S)O[P+](=O)O[P+](=O)O[P+](=O)O)N1CC(C#CCNC(=O)COCCOC(COc2cccc(C(=O)NCCNC(=O)C3C=CC(C4=c5cc6c(cc5OC5=C4C=C4C(CS(=O)(=O)O)CC(C)(C)NC4C5)=NC(C)(C)C=C6CS(=O)(=O)O)C(C(=O)O)C3)c2)N=[N+]=[N-])C2C(N)=NNC21. The molecule has 562 valence electrons. The number of carboxylic acid groups (broad SMARTS) is 1. The molecule has 104 heavy (non-hydrogen) atoms. The van der Waals surface area contributed by atoms with Crippen molar-refractivity contribution in [3.8, 4) is 23.3 Å². The predicted molar refractivity (Wildman–Crippen MR) is 374 cm³/mol. The highest BCUT2D eigenvalue weighted by molar-refractivity contribution is 7.86. The van der Waals surface area contributed by atoms with Crippen molar-refractivity contribution in [2.24, 2.45) is 56.4 Å². The fourth-order valence-electron chi connectivity index (χ4n) is 13.4. The Morgan fingerprint density at radius 3 is 2.47 bits per heavy atom. The molecule has 11 N–H and O–H groups in total. The molecule has 9 rings (SSSR count). The molecule has 14 unspecified atom stereocenters. The first-order valence-electron chi connectivity index (χ1n) is 32.5. The fourth-order valence-corrected chi connectivity index (χ4v) is 16.7. The van der Waals surface area contributed by atoms with Crippen molar-refractivity contribution >= 4 is 98.3 Å². The molecule has 7 aliphatic rings. The minimum absolute atomic E-state index is 0.0526. The van der Waals surface area contributed by atoms with E-state index in [0.717, 1.165) is 0 Å². The molecule has 5 heterocycles. The maximum Gasteiger partial charge on any atom is 0.798 e. The van der Waals surface area contributed by atoms with Gasteiger partial charge in [0, 0.05) is 96.1 Å². The summed E-state index contributed by atoms with van der Waals surface area (Å²) in [6, 6.07) is 8.89. The van der Waals surface area contributed by atoms with Crippen LogP contribution in [-0.2, 0) is 80.4 Å². The molecular weight excluding hydrogens is 1490 g/mol. The third kappa shape index (κ3) is 22.0. The zero-order valence-electron chi connectivity index (χ0n) is 56.9. The normalized spacial score (nSPS) is 24.4. The molecule has 0 radical (unpaired) electrons. The first kappa shape index (κ1) is 80.8. The number of amidine groups is 1. The quantitative estimate of drug-likeness (QED) is 0.00453. The number of hydrogen-bond acceptors (Lipinski definition) is 28. The highest BCUT2D eigenvalue weighted by Gasteiger charge is 2.53. The number of azide groups is 1. The number of nitrogens with one attached hydrogen (secondary N) is 5. The van der Waals surface area contributed by atoms with E-state index >= 15 is 0 Å². The summed E-state index contributed by atoms with van der Waals surface area (Å²) in [7, 11) is -18.9. The molecule has 0 aromatic heterocycles. The van der Waals surface area contributed by atoms with Crippen molar-refractivity contribution in [3.63, 3.8) is 0 Å². The van der Waals surface area contributed by atoms with E-state index in [-0.39, 0.29) is 93.9 Å². The molecule has 0 bridgehead atoms. The number of allylic oxidation sites excluding steroid dienone is 3. The Labute approximate surface area is 605 Å². The van der Waals surface area contributed by atoms with E-state index in [4.69, 9.17) is 48.6 Å². The van der Waals surface area contributed by atoms with Gasteiger partial charge in [0.15, 0.2) is 14.8 Å². The van der Waals surface area contributed by atoms with Gasteiger partial charge in [-0.2, -0.15) is 21.9 Å². The molecule has 2 aromatic carbocycles. The number of amides is 3. The largest absolute Gasteiger partial charge is 0.798 e. The van der Waals surface area contributed by atoms with Crippen molar-refractivity contribution in [2.75, 3.05) is 64.1 Å². The number of piperidine rings is 1. The Kier molecular flexibility index (Phi) is 27.2. The van der Waals surface area contributed by atoms with E-state index in [0.29, 0.717) is 51.5 Å².